The molecule has 0 aromatic carbocycles. The first kappa shape index (κ1) is 45.1. The SMILES string of the molecule is C=CC[C@H](/C=C(\O)CCC[C@H](OC)[C@H]1O[C@@](O)(CC(=O)N2CCC[C@H]2C(=O)O)[C@H](C)C[C@@H]1OC)C(=O)C[C@H](O)CC/C(S)=C/[C@@H]1CC[C@@H](O)[C@H](OC)C1. The van der Waals surface area contributed by atoms with E-state index in [1.54, 1.807) is 20.1 Å². The average molecular weight is 770 g/mol. The number of aliphatic carboxylic acids is 1. The van der Waals surface area contributed by atoms with Gasteiger partial charge in [-0.15, -0.1) is 19.2 Å². The smallest absolute Gasteiger partial charge is 0.326 e. The number of aliphatic hydroxyl groups excluding tert-OH is 3. The van der Waals surface area contributed by atoms with Crippen LogP contribution in [0, 0.1) is 17.8 Å². The fraction of sp³-hybridized carbons (Fsp3) is 0.769. The van der Waals surface area contributed by atoms with E-state index >= 15 is 0 Å². The number of carboxylic acid groups (broad SMARTS) is 1. The van der Waals surface area contributed by atoms with E-state index in [9.17, 15) is 39.9 Å². The summed E-state index contributed by atoms with van der Waals surface area (Å²) in [5.74, 6) is -4.52. The van der Waals surface area contributed by atoms with E-state index < -0.39 is 72.5 Å². The number of rotatable bonds is 21. The number of carbonyl (C=O) groups excluding carboxylic acids is 2. The fourth-order valence-electron chi connectivity index (χ4n) is 7.89. The van der Waals surface area contributed by atoms with Crippen LogP contribution in [-0.2, 0) is 33.3 Å². The lowest BCUT2D eigenvalue weighted by Gasteiger charge is -2.47. The van der Waals surface area contributed by atoms with Gasteiger partial charge in [-0.25, -0.2) is 4.79 Å². The van der Waals surface area contributed by atoms with Crippen molar-refractivity contribution in [2.75, 3.05) is 27.9 Å². The van der Waals surface area contributed by atoms with Crippen LogP contribution in [0.5, 0.6) is 0 Å². The van der Waals surface area contributed by atoms with Gasteiger partial charge in [0, 0.05) is 52.6 Å². The highest BCUT2D eigenvalue weighted by Crippen LogP contribution is 2.39. The molecule has 0 bridgehead atoms. The van der Waals surface area contributed by atoms with Gasteiger partial charge < -0.3 is 49.4 Å². The highest BCUT2D eigenvalue weighted by atomic mass is 32.1. The van der Waals surface area contributed by atoms with Crippen molar-refractivity contribution in [3.05, 3.63) is 35.5 Å². The summed E-state index contributed by atoms with van der Waals surface area (Å²) in [7, 11) is 4.64. The minimum absolute atomic E-state index is 0.0178. The standard InChI is InChI=1S/C39H63NO12S/c1-6-9-26(32(44)22-28(42)14-15-29(53)19-25-13-16-31(43)34(20-25)50-4)21-27(41)10-7-12-33(49-3)37-35(51-5)18-24(2)39(48,52-37)23-36(45)40-17-8-11-30(40)38(46)47/h6,19,21,24-26,28,30-31,33-35,37,41-43,48,53H,1,7-18,20,22-23H2,2-5H3,(H,46,47)/b27-21-,29-19-/t24-,25+,26-,28-,30+,31-,33+,34-,35+,37-,39+/m1/s1. The number of carboxylic acids is 1. The third-order valence-corrected chi connectivity index (χ3v) is 11.5. The molecule has 2 heterocycles. The Hall–Kier alpha value is -2.30. The Morgan fingerprint density at radius 2 is 1.77 bits per heavy atom. The summed E-state index contributed by atoms with van der Waals surface area (Å²) in [5, 5.41) is 52.7. The second kappa shape index (κ2) is 21.7. The van der Waals surface area contributed by atoms with E-state index in [1.165, 1.54) is 25.2 Å². The first-order valence-electron chi connectivity index (χ1n) is 19.0. The molecule has 302 valence electrons. The van der Waals surface area contributed by atoms with E-state index in [1.807, 2.05) is 0 Å². The Kier molecular flexibility index (Phi) is 18.5. The third-order valence-electron chi connectivity index (χ3n) is 11.1. The number of amides is 1. The molecular weight excluding hydrogens is 706 g/mol. The van der Waals surface area contributed by atoms with Gasteiger partial charge >= 0.3 is 5.97 Å². The molecule has 0 radical (unpaired) electrons. The van der Waals surface area contributed by atoms with Crippen molar-refractivity contribution in [2.24, 2.45) is 17.8 Å². The molecule has 3 fully saturated rings. The second-order valence-corrected chi connectivity index (χ2v) is 15.6. The van der Waals surface area contributed by atoms with Crippen LogP contribution in [0.1, 0.15) is 96.8 Å². The van der Waals surface area contributed by atoms with Gasteiger partial charge in [-0.2, -0.15) is 0 Å². The van der Waals surface area contributed by atoms with Crippen LogP contribution in [0.15, 0.2) is 35.5 Å². The van der Waals surface area contributed by atoms with E-state index in [2.05, 4.69) is 25.3 Å². The van der Waals surface area contributed by atoms with Gasteiger partial charge in [0.2, 0.25) is 5.91 Å². The number of methoxy groups -OCH3 is 3. The molecule has 3 aliphatic rings. The Bertz CT molecular complexity index is 1280. The highest BCUT2D eigenvalue weighted by molar-refractivity contribution is 7.84. The number of Topliss-reactive ketones (excluding diaryl/α,β-unsaturated/α-hetero) is 1. The summed E-state index contributed by atoms with van der Waals surface area (Å²) < 4.78 is 23.1. The summed E-state index contributed by atoms with van der Waals surface area (Å²) in [4.78, 5) is 40.1. The van der Waals surface area contributed by atoms with Crippen molar-refractivity contribution >= 4 is 30.3 Å². The van der Waals surface area contributed by atoms with Gasteiger partial charge in [0.15, 0.2) is 5.79 Å². The number of carbonyl (C=O) groups is 3. The molecule has 1 amide bonds. The van der Waals surface area contributed by atoms with Crippen molar-refractivity contribution in [1.82, 2.24) is 4.90 Å². The lowest BCUT2D eigenvalue weighted by Crippen LogP contribution is -2.58. The largest absolute Gasteiger partial charge is 0.513 e. The number of ketones is 1. The minimum atomic E-state index is -1.86. The maximum atomic E-state index is 13.2. The monoisotopic (exact) mass is 769 g/mol. The molecule has 5 N–H and O–H groups in total. The minimum Gasteiger partial charge on any atom is -0.513 e. The van der Waals surface area contributed by atoms with Crippen LogP contribution in [0.4, 0.5) is 0 Å². The molecule has 2 aliphatic heterocycles. The molecule has 0 spiro atoms. The molecule has 0 unspecified atom stereocenters. The number of hydrogen-bond acceptors (Lipinski definition) is 12. The molecule has 2 saturated heterocycles. The Morgan fingerprint density at radius 3 is 2.42 bits per heavy atom. The van der Waals surface area contributed by atoms with Crippen molar-refractivity contribution in [3.63, 3.8) is 0 Å². The maximum Gasteiger partial charge on any atom is 0.326 e. The number of hydrogen-bond donors (Lipinski definition) is 6. The molecule has 14 heteroatoms. The quantitative estimate of drug-likeness (QED) is 0.0546. The zero-order chi connectivity index (χ0) is 39.3. The normalized spacial score (nSPS) is 31.5. The lowest BCUT2D eigenvalue weighted by atomic mass is 9.84. The third kappa shape index (κ3) is 13.2. The number of ether oxygens (including phenoxy) is 4. The molecule has 53 heavy (non-hydrogen) atoms. The second-order valence-electron chi connectivity index (χ2n) is 15.0. The van der Waals surface area contributed by atoms with Crippen molar-refractivity contribution < 1.29 is 58.9 Å². The van der Waals surface area contributed by atoms with Crippen LogP contribution in [-0.4, -0.2) is 124 Å². The van der Waals surface area contributed by atoms with Crippen molar-refractivity contribution in [2.45, 2.75) is 145 Å². The predicted octanol–water partition coefficient (Wildman–Crippen LogP) is 4.49. The maximum absolute atomic E-state index is 13.2. The van der Waals surface area contributed by atoms with Crippen LogP contribution in [0.3, 0.4) is 0 Å². The van der Waals surface area contributed by atoms with Gasteiger partial charge in [-0.3, -0.25) is 9.59 Å². The summed E-state index contributed by atoms with van der Waals surface area (Å²) >= 11 is 4.59. The van der Waals surface area contributed by atoms with Crippen molar-refractivity contribution in [1.29, 1.82) is 0 Å². The number of aliphatic hydroxyl groups is 4. The van der Waals surface area contributed by atoms with E-state index in [4.69, 9.17) is 18.9 Å². The Balaban J connectivity index is 1.54. The van der Waals surface area contributed by atoms with Gasteiger partial charge in [0.25, 0.3) is 0 Å². The van der Waals surface area contributed by atoms with Crippen LogP contribution < -0.4 is 0 Å². The summed E-state index contributed by atoms with van der Waals surface area (Å²) in [6.45, 7) is 5.82. The fourth-order valence-corrected chi connectivity index (χ4v) is 8.23. The van der Waals surface area contributed by atoms with Crippen LogP contribution >= 0.6 is 12.6 Å². The molecule has 0 aromatic heterocycles. The topological polar surface area (TPSA) is 193 Å². The zero-order valence-corrected chi connectivity index (χ0v) is 32.7. The molecule has 13 nitrogen and oxygen atoms in total. The Labute approximate surface area is 319 Å². The number of likely N-dealkylation sites (tertiary alicyclic amines) is 1. The first-order valence-corrected chi connectivity index (χ1v) is 19.4. The number of allylic oxidation sites excluding steroid dienone is 5. The molecule has 1 aliphatic carbocycles. The highest BCUT2D eigenvalue weighted by Gasteiger charge is 2.51. The van der Waals surface area contributed by atoms with E-state index in [0.29, 0.717) is 70.8 Å². The summed E-state index contributed by atoms with van der Waals surface area (Å²) in [5.41, 5.74) is 0. The van der Waals surface area contributed by atoms with Gasteiger partial charge in [-0.05, 0) is 87.5 Å². The number of thiol groups is 1. The molecular formula is C39H63NO12S. The average Bonchev–Trinajstić information content (AvgIpc) is 3.62. The zero-order valence-electron chi connectivity index (χ0n) is 31.8. The predicted molar refractivity (Wildman–Crippen MR) is 201 cm³/mol. The molecule has 11 atom stereocenters. The van der Waals surface area contributed by atoms with Crippen molar-refractivity contribution in [3.8, 4) is 0 Å². The lowest BCUT2D eigenvalue weighted by molar-refractivity contribution is -0.320. The van der Waals surface area contributed by atoms with Gasteiger partial charge in [0.05, 0.1) is 42.7 Å². The van der Waals surface area contributed by atoms with Crippen LogP contribution in [0.25, 0.3) is 0 Å². The van der Waals surface area contributed by atoms with E-state index in [-0.39, 0.29) is 36.4 Å². The number of nitrogens with zero attached hydrogens (tertiary/aromatic N) is 1. The molecule has 0 aromatic rings. The Morgan fingerprint density at radius 1 is 1.06 bits per heavy atom. The summed E-state index contributed by atoms with van der Waals surface area (Å²) in [6.07, 6.45) is 7.12. The van der Waals surface area contributed by atoms with Crippen LogP contribution in [0.2, 0.25) is 0 Å². The van der Waals surface area contributed by atoms with Gasteiger partial charge in [0.1, 0.15) is 17.9 Å². The molecule has 3 rings (SSSR count). The van der Waals surface area contributed by atoms with E-state index in [0.717, 1.165) is 11.3 Å². The first-order chi connectivity index (χ1) is 25.2. The van der Waals surface area contributed by atoms with Gasteiger partial charge in [-0.1, -0.05) is 19.1 Å². The summed E-state index contributed by atoms with van der Waals surface area (Å²) in [6, 6.07) is -0.922. The molecule has 1 saturated carbocycles.